The molecule has 1 heterocycles. The number of rotatable bonds is 5. The summed E-state index contributed by atoms with van der Waals surface area (Å²) in [5.74, 6) is -0.343. The SMILES string of the molecule is Cc1ccc(C)c(N(C(C)C(=O)N2CCN(c3cccc(C(F)(F)F)c3)CC2)S(C)(=O)=O)c1. The van der Waals surface area contributed by atoms with Gasteiger partial charge in [0.2, 0.25) is 15.9 Å². The molecule has 0 aliphatic carbocycles. The molecule has 1 saturated heterocycles. The average Bonchev–Trinajstić information content (AvgIpc) is 2.74. The van der Waals surface area contributed by atoms with Crippen molar-refractivity contribution in [3.05, 3.63) is 59.2 Å². The van der Waals surface area contributed by atoms with Crippen molar-refractivity contribution >= 4 is 27.3 Å². The highest BCUT2D eigenvalue weighted by molar-refractivity contribution is 7.92. The van der Waals surface area contributed by atoms with E-state index in [1.54, 1.807) is 35.8 Å². The molecule has 6 nitrogen and oxygen atoms in total. The van der Waals surface area contributed by atoms with Crippen LogP contribution in [0, 0.1) is 13.8 Å². The highest BCUT2D eigenvalue weighted by atomic mass is 32.2. The molecule has 0 bridgehead atoms. The molecule has 3 rings (SSSR count). The Hall–Kier alpha value is -2.75. The fourth-order valence-corrected chi connectivity index (χ4v) is 5.28. The van der Waals surface area contributed by atoms with Gasteiger partial charge in [-0.1, -0.05) is 18.2 Å². The van der Waals surface area contributed by atoms with E-state index in [9.17, 15) is 26.4 Å². The lowest BCUT2D eigenvalue weighted by atomic mass is 10.1. The Bertz CT molecular complexity index is 1130. The summed E-state index contributed by atoms with van der Waals surface area (Å²) < 4.78 is 65.5. The van der Waals surface area contributed by atoms with Crippen LogP contribution in [0.5, 0.6) is 0 Å². The van der Waals surface area contributed by atoms with Crippen molar-refractivity contribution in [2.24, 2.45) is 0 Å². The van der Waals surface area contributed by atoms with Crippen molar-refractivity contribution in [2.75, 3.05) is 41.6 Å². The first-order valence-electron chi connectivity index (χ1n) is 10.6. The van der Waals surface area contributed by atoms with E-state index in [1.807, 2.05) is 19.1 Å². The summed E-state index contributed by atoms with van der Waals surface area (Å²) in [5, 5.41) is 0. The average molecular weight is 484 g/mol. The Morgan fingerprint density at radius 3 is 2.24 bits per heavy atom. The van der Waals surface area contributed by atoms with Crippen molar-refractivity contribution in [3.63, 3.8) is 0 Å². The van der Waals surface area contributed by atoms with E-state index < -0.39 is 27.8 Å². The fraction of sp³-hybridized carbons (Fsp3) is 0.435. The van der Waals surface area contributed by atoms with Crippen molar-refractivity contribution in [1.82, 2.24) is 4.90 Å². The molecule has 1 atom stereocenters. The molecule has 33 heavy (non-hydrogen) atoms. The van der Waals surface area contributed by atoms with Gasteiger partial charge in [0.1, 0.15) is 6.04 Å². The van der Waals surface area contributed by atoms with Crippen molar-refractivity contribution in [2.45, 2.75) is 33.0 Å². The van der Waals surface area contributed by atoms with Gasteiger partial charge in [0.05, 0.1) is 17.5 Å². The number of carbonyl (C=O) groups is 1. The highest BCUT2D eigenvalue weighted by Crippen LogP contribution is 2.32. The third kappa shape index (κ3) is 5.61. The molecule has 1 unspecified atom stereocenters. The van der Waals surface area contributed by atoms with Crippen LogP contribution in [0.4, 0.5) is 24.5 Å². The van der Waals surface area contributed by atoms with Gasteiger partial charge in [-0.15, -0.1) is 0 Å². The Morgan fingerprint density at radius 2 is 1.67 bits per heavy atom. The normalized spacial score (nSPS) is 16.0. The van der Waals surface area contributed by atoms with E-state index in [2.05, 4.69) is 0 Å². The van der Waals surface area contributed by atoms with Crippen LogP contribution in [0.15, 0.2) is 42.5 Å². The van der Waals surface area contributed by atoms with Gasteiger partial charge < -0.3 is 9.80 Å². The number of halogens is 3. The molecule has 0 saturated carbocycles. The fourth-order valence-electron chi connectivity index (χ4n) is 4.06. The van der Waals surface area contributed by atoms with E-state index in [1.165, 1.54) is 6.07 Å². The van der Waals surface area contributed by atoms with Crippen LogP contribution < -0.4 is 9.21 Å². The van der Waals surface area contributed by atoms with E-state index >= 15 is 0 Å². The molecule has 2 aromatic carbocycles. The number of sulfonamides is 1. The number of benzene rings is 2. The van der Waals surface area contributed by atoms with Gasteiger partial charge in [-0.25, -0.2) is 8.42 Å². The first-order chi connectivity index (χ1) is 15.3. The third-order valence-electron chi connectivity index (χ3n) is 5.80. The van der Waals surface area contributed by atoms with Crippen LogP contribution in [0.3, 0.4) is 0 Å². The summed E-state index contributed by atoms with van der Waals surface area (Å²) in [7, 11) is -3.74. The maximum Gasteiger partial charge on any atom is 0.416 e. The topological polar surface area (TPSA) is 60.9 Å². The van der Waals surface area contributed by atoms with Crippen LogP contribution in [-0.2, 0) is 21.0 Å². The lowest BCUT2D eigenvalue weighted by molar-refractivity contribution is -0.137. The zero-order valence-electron chi connectivity index (χ0n) is 19.1. The monoisotopic (exact) mass is 483 g/mol. The number of anilines is 2. The summed E-state index contributed by atoms with van der Waals surface area (Å²) >= 11 is 0. The van der Waals surface area contributed by atoms with Gasteiger partial charge in [-0.3, -0.25) is 9.10 Å². The molecular weight excluding hydrogens is 455 g/mol. The molecule has 0 spiro atoms. The number of aryl methyl sites for hydroxylation is 2. The largest absolute Gasteiger partial charge is 0.416 e. The molecule has 1 aliphatic rings. The first-order valence-corrected chi connectivity index (χ1v) is 12.4. The van der Waals surface area contributed by atoms with E-state index in [0.29, 0.717) is 24.5 Å². The summed E-state index contributed by atoms with van der Waals surface area (Å²) in [6, 6.07) is 9.58. The molecule has 1 fully saturated rings. The van der Waals surface area contributed by atoms with Crippen LogP contribution in [0.2, 0.25) is 0 Å². The van der Waals surface area contributed by atoms with Crippen molar-refractivity contribution < 1.29 is 26.4 Å². The second kappa shape index (κ2) is 9.24. The molecule has 0 radical (unpaired) electrons. The number of hydrogen-bond acceptors (Lipinski definition) is 4. The van der Waals surface area contributed by atoms with Gasteiger partial charge in [-0.05, 0) is 56.2 Å². The molecule has 180 valence electrons. The van der Waals surface area contributed by atoms with Crippen LogP contribution in [0.25, 0.3) is 0 Å². The van der Waals surface area contributed by atoms with Crippen molar-refractivity contribution in [3.8, 4) is 0 Å². The molecule has 2 aromatic rings. The maximum atomic E-state index is 13.2. The lowest BCUT2D eigenvalue weighted by Crippen LogP contribution is -2.55. The maximum absolute atomic E-state index is 13.2. The summed E-state index contributed by atoms with van der Waals surface area (Å²) in [5.41, 5.74) is 1.79. The van der Waals surface area contributed by atoms with Gasteiger partial charge in [0.25, 0.3) is 0 Å². The minimum absolute atomic E-state index is 0.282. The molecule has 1 amide bonds. The second-order valence-corrected chi connectivity index (χ2v) is 10.2. The summed E-state index contributed by atoms with van der Waals surface area (Å²) in [6.45, 7) is 6.46. The second-order valence-electron chi connectivity index (χ2n) is 8.39. The molecule has 0 aromatic heterocycles. The van der Waals surface area contributed by atoms with Gasteiger partial charge in [0, 0.05) is 31.9 Å². The predicted octanol–water partition coefficient (Wildman–Crippen LogP) is 3.83. The highest BCUT2D eigenvalue weighted by Gasteiger charge is 2.35. The van der Waals surface area contributed by atoms with Gasteiger partial charge >= 0.3 is 6.18 Å². The molecule has 10 heteroatoms. The smallest absolute Gasteiger partial charge is 0.368 e. The standard InChI is InChI=1S/C23H28F3N3O3S/c1-16-8-9-17(2)21(14-16)29(33(4,31)32)18(3)22(30)28-12-10-27(11-13-28)20-7-5-6-19(15-20)23(24,25)26/h5-9,14-15,18H,10-13H2,1-4H3. The van der Waals surface area contributed by atoms with Gasteiger partial charge in [0.15, 0.2) is 0 Å². The number of nitrogens with zero attached hydrogens (tertiary/aromatic N) is 3. The number of alkyl halides is 3. The minimum atomic E-state index is -4.42. The Morgan fingerprint density at radius 1 is 1.03 bits per heavy atom. The predicted molar refractivity (Wildman–Crippen MR) is 123 cm³/mol. The number of hydrogen-bond donors (Lipinski definition) is 0. The Labute approximate surface area is 192 Å². The van der Waals surface area contributed by atoms with Crippen LogP contribution in [0.1, 0.15) is 23.6 Å². The van der Waals surface area contributed by atoms with Gasteiger partial charge in [-0.2, -0.15) is 13.2 Å². The third-order valence-corrected chi connectivity index (χ3v) is 7.03. The van der Waals surface area contributed by atoms with Crippen molar-refractivity contribution in [1.29, 1.82) is 0 Å². The zero-order valence-corrected chi connectivity index (χ0v) is 19.9. The van der Waals surface area contributed by atoms with Crippen LogP contribution >= 0.6 is 0 Å². The summed E-state index contributed by atoms with van der Waals surface area (Å²) in [4.78, 5) is 16.6. The molecule has 1 aliphatic heterocycles. The van der Waals surface area contributed by atoms with E-state index in [4.69, 9.17) is 0 Å². The Kier molecular flexibility index (Phi) is 6.97. The number of amides is 1. The molecular formula is C23H28F3N3O3S. The quantitative estimate of drug-likeness (QED) is 0.649. The Balaban J connectivity index is 1.76. The lowest BCUT2D eigenvalue weighted by Gasteiger charge is -2.39. The minimum Gasteiger partial charge on any atom is -0.368 e. The molecule has 0 N–H and O–H groups in total. The summed E-state index contributed by atoms with van der Waals surface area (Å²) in [6.07, 6.45) is -3.35. The van der Waals surface area contributed by atoms with E-state index in [-0.39, 0.29) is 19.0 Å². The number of piperazine rings is 1. The first kappa shape index (κ1) is 24.9. The van der Waals surface area contributed by atoms with E-state index in [0.717, 1.165) is 33.8 Å². The number of carbonyl (C=O) groups excluding carboxylic acids is 1. The zero-order chi connectivity index (χ0) is 24.6. The van der Waals surface area contributed by atoms with Crippen LogP contribution in [-0.4, -0.2) is 57.7 Å².